The molecule has 0 aromatic heterocycles. The number of carbonyl (C=O) groups excluding carboxylic acids is 2. The molecule has 22 heavy (non-hydrogen) atoms. The molecule has 1 saturated heterocycles. The molecule has 1 heterocycles. The van der Waals surface area contributed by atoms with Crippen molar-refractivity contribution in [2.24, 2.45) is 0 Å². The van der Waals surface area contributed by atoms with E-state index >= 15 is 0 Å². The van der Waals surface area contributed by atoms with Crippen molar-refractivity contribution >= 4 is 39.0 Å². The normalized spacial score (nSPS) is 23.0. The van der Waals surface area contributed by atoms with E-state index in [4.69, 9.17) is 16.3 Å². The average Bonchev–Trinajstić information content (AvgIpc) is 2.66. The molecule has 1 aromatic rings. The van der Waals surface area contributed by atoms with Gasteiger partial charge in [-0.05, 0) is 24.3 Å². The molecule has 1 fully saturated rings. The molecule has 2 unspecified atom stereocenters. The van der Waals surface area contributed by atoms with Crippen LogP contribution in [0.4, 0.5) is 5.69 Å². The Labute approximate surface area is 133 Å². The Morgan fingerprint density at radius 3 is 2.27 bits per heavy atom. The number of halogens is 1. The van der Waals surface area contributed by atoms with E-state index in [1.54, 1.807) is 24.3 Å². The highest BCUT2D eigenvalue weighted by Crippen LogP contribution is 2.28. The van der Waals surface area contributed by atoms with Gasteiger partial charge in [-0.15, -0.1) is 0 Å². The quantitative estimate of drug-likeness (QED) is 0.774. The summed E-state index contributed by atoms with van der Waals surface area (Å²) in [6.07, 6.45) is -0.873. The largest absolute Gasteiger partial charge is 0.459 e. The lowest BCUT2D eigenvalue weighted by Crippen LogP contribution is -2.47. The minimum atomic E-state index is -3.38. The number of carbonyl (C=O) groups is 2. The van der Waals surface area contributed by atoms with Crippen LogP contribution < -0.4 is 4.90 Å². The maximum absolute atomic E-state index is 12.0. The van der Waals surface area contributed by atoms with E-state index in [0.717, 1.165) is 0 Å². The number of sulfone groups is 1. The minimum Gasteiger partial charge on any atom is -0.459 e. The first kappa shape index (κ1) is 16.8. The number of hydrogen-bond donors (Lipinski definition) is 0. The molecule has 1 aliphatic heterocycles. The summed E-state index contributed by atoms with van der Waals surface area (Å²) in [7, 11) is -3.38. The van der Waals surface area contributed by atoms with Gasteiger partial charge in [-0.2, -0.15) is 0 Å². The molecule has 0 N–H and O–H groups in total. The number of rotatable bonds is 3. The SMILES string of the molecule is CC(=O)OC1CS(=O)(=O)CC1N(C(C)=O)c1ccc(Cl)cc1. The molecule has 2 atom stereocenters. The lowest BCUT2D eigenvalue weighted by molar-refractivity contribution is -0.146. The number of benzene rings is 1. The molecule has 120 valence electrons. The summed E-state index contributed by atoms with van der Waals surface area (Å²) >= 11 is 5.83. The maximum atomic E-state index is 12.0. The van der Waals surface area contributed by atoms with E-state index in [0.29, 0.717) is 10.7 Å². The Bertz CT molecular complexity index is 686. The zero-order chi connectivity index (χ0) is 16.5. The Hall–Kier alpha value is -1.60. The third kappa shape index (κ3) is 3.78. The monoisotopic (exact) mass is 345 g/mol. The minimum absolute atomic E-state index is 0.243. The Morgan fingerprint density at radius 1 is 1.18 bits per heavy atom. The van der Waals surface area contributed by atoms with Crippen LogP contribution in [0.1, 0.15) is 13.8 Å². The van der Waals surface area contributed by atoms with Gasteiger partial charge in [0.25, 0.3) is 0 Å². The van der Waals surface area contributed by atoms with Crippen LogP contribution in [-0.4, -0.2) is 43.9 Å². The van der Waals surface area contributed by atoms with Gasteiger partial charge >= 0.3 is 5.97 Å². The van der Waals surface area contributed by atoms with Gasteiger partial charge < -0.3 is 9.64 Å². The molecule has 0 aliphatic carbocycles. The second-order valence-electron chi connectivity index (χ2n) is 5.16. The van der Waals surface area contributed by atoms with Gasteiger partial charge in [-0.1, -0.05) is 11.6 Å². The summed E-state index contributed by atoms with van der Waals surface area (Å²) in [5.74, 6) is -1.44. The van der Waals surface area contributed by atoms with Crippen molar-refractivity contribution < 1.29 is 22.7 Å². The summed E-state index contributed by atoms with van der Waals surface area (Å²) in [6, 6.07) is 5.72. The van der Waals surface area contributed by atoms with Crippen LogP contribution in [-0.2, 0) is 24.2 Å². The number of hydrogen-bond acceptors (Lipinski definition) is 5. The first-order valence-electron chi connectivity index (χ1n) is 6.62. The smallest absolute Gasteiger partial charge is 0.303 e. The second kappa shape index (κ2) is 6.26. The van der Waals surface area contributed by atoms with Crippen LogP contribution >= 0.6 is 11.6 Å². The van der Waals surface area contributed by atoms with Crippen molar-refractivity contribution in [2.45, 2.75) is 26.0 Å². The molecule has 8 heteroatoms. The summed E-state index contributed by atoms with van der Waals surface area (Å²) < 4.78 is 28.9. The van der Waals surface area contributed by atoms with Crippen molar-refractivity contribution in [1.29, 1.82) is 0 Å². The average molecular weight is 346 g/mol. The first-order valence-corrected chi connectivity index (χ1v) is 8.82. The predicted octanol–water partition coefficient (Wildman–Crippen LogP) is 1.42. The number of anilines is 1. The van der Waals surface area contributed by atoms with Gasteiger partial charge in [-0.25, -0.2) is 8.42 Å². The molecule has 0 radical (unpaired) electrons. The third-order valence-electron chi connectivity index (χ3n) is 3.37. The predicted molar refractivity (Wildman–Crippen MR) is 82.6 cm³/mol. The number of ether oxygens (including phenoxy) is 1. The summed E-state index contributed by atoms with van der Waals surface area (Å²) in [4.78, 5) is 24.6. The molecule has 1 aromatic carbocycles. The fraction of sp³-hybridized carbons (Fsp3) is 0.429. The first-order chi connectivity index (χ1) is 10.2. The van der Waals surface area contributed by atoms with E-state index in [-0.39, 0.29) is 17.4 Å². The van der Waals surface area contributed by atoms with Crippen LogP contribution in [0.25, 0.3) is 0 Å². The van der Waals surface area contributed by atoms with E-state index in [1.165, 1.54) is 18.7 Å². The van der Waals surface area contributed by atoms with E-state index < -0.39 is 28.0 Å². The molecule has 0 bridgehead atoms. The highest BCUT2D eigenvalue weighted by Gasteiger charge is 2.44. The molecule has 6 nitrogen and oxygen atoms in total. The van der Waals surface area contributed by atoms with Crippen LogP contribution in [0.15, 0.2) is 24.3 Å². The van der Waals surface area contributed by atoms with Crippen LogP contribution in [0, 0.1) is 0 Å². The summed E-state index contributed by atoms with van der Waals surface area (Å²) in [5.41, 5.74) is 0.510. The standard InChI is InChI=1S/C14H16ClNO5S/c1-9(17)16(12-5-3-11(15)4-6-12)13-7-22(19,20)8-14(13)21-10(2)18/h3-6,13-14H,7-8H2,1-2H3. The molecule has 2 rings (SSSR count). The van der Waals surface area contributed by atoms with Crippen molar-refractivity contribution in [3.63, 3.8) is 0 Å². The maximum Gasteiger partial charge on any atom is 0.303 e. The molecular weight excluding hydrogens is 330 g/mol. The van der Waals surface area contributed by atoms with Gasteiger partial charge in [0.1, 0.15) is 6.10 Å². The van der Waals surface area contributed by atoms with Crippen molar-refractivity contribution in [3.05, 3.63) is 29.3 Å². The summed E-state index contributed by atoms with van der Waals surface area (Å²) in [5, 5.41) is 0.503. The van der Waals surface area contributed by atoms with Crippen molar-refractivity contribution in [3.8, 4) is 0 Å². The Kier molecular flexibility index (Phi) is 4.77. The third-order valence-corrected chi connectivity index (χ3v) is 5.30. The molecule has 0 spiro atoms. The van der Waals surface area contributed by atoms with Crippen molar-refractivity contribution in [1.82, 2.24) is 0 Å². The van der Waals surface area contributed by atoms with Gasteiger partial charge in [-0.3, -0.25) is 9.59 Å². The van der Waals surface area contributed by atoms with Gasteiger partial charge in [0.15, 0.2) is 9.84 Å². The summed E-state index contributed by atoms with van der Waals surface area (Å²) in [6.45, 7) is 2.55. The van der Waals surface area contributed by atoms with E-state index in [9.17, 15) is 18.0 Å². The fourth-order valence-corrected chi connectivity index (χ4v) is 4.51. The van der Waals surface area contributed by atoms with E-state index in [2.05, 4.69) is 0 Å². The van der Waals surface area contributed by atoms with Crippen LogP contribution in [0.5, 0.6) is 0 Å². The lowest BCUT2D eigenvalue weighted by Gasteiger charge is -2.30. The van der Waals surface area contributed by atoms with Crippen LogP contribution in [0.2, 0.25) is 5.02 Å². The van der Waals surface area contributed by atoms with Crippen molar-refractivity contribution in [2.75, 3.05) is 16.4 Å². The number of amides is 1. The highest BCUT2D eigenvalue weighted by atomic mass is 35.5. The fourth-order valence-electron chi connectivity index (χ4n) is 2.57. The van der Waals surface area contributed by atoms with Crippen LogP contribution in [0.3, 0.4) is 0 Å². The molecule has 1 aliphatic rings. The molecule has 1 amide bonds. The zero-order valence-electron chi connectivity index (χ0n) is 12.2. The zero-order valence-corrected chi connectivity index (χ0v) is 13.7. The number of nitrogens with zero attached hydrogens (tertiary/aromatic N) is 1. The number of esters is 1. The van der Waals surface area contributed by atoms with Gasteiger partial charge in [0, 0.05) is 24.6 Å². The molecule has 0 saturated carbocycles. The van der Waals surface area contributed by atoms with Gasteiger partial charge in [0.05, 0.1) is 17.5 Å². The van der Waals surface area contributed by atoms with E-state index in [1.807, 2.05) is 0 Å². The Balaban J connectivity index is 2.39. The lowest BCUT2D eigenvalue weighted by atomic mass is 10.1. The Morgan fingerprint density at radius 2 is 1.77 bits per heavy atom. The highest BCUT2D eigenvalue weighted by molar-refractivity contribution is 7.91. The second-order valence-corrected chi connectivity index (χ2v) is 7.75. The topological polar surface area (TPSA) is 80.8 Å². The molecular formula is C14H16ClNO5S. The van der Waals surface area contributed by atoms with Gasteiger partial charge in [0.2, 0.25) is 5.91 Å².